The lowest BCUT2D eigenvalue weighted by Gasteiger charge is -2.19. The van der Waals surface area contributed by atoms with E-state index in [2.05, 4.69) is 55.6 Å². The van der Waals surface area contributed by atoms with Gasteiger partial charge in [-0.1, -0.05) is 45.0 Å². The summed E-state index contributed by atoms with van der Waals surface area (Å²) in [5, 5.41) is 4.09. The lowest BCUT2D eigenvalue weighted by atomic mass is 9.86. The van der Waals surface area contributed by atoms with Gasteiger partial charge in [-0.25, -0.2) is 10.2 Å². The number of amides is 1. The Labute approximate surface area is 210 Å². The molecule has 0 unspecified atom stereocenters. The van der Waals surface area contributed by atoms with Crippen molar-refractivity contribution >= 4 is 18.1 Å². The highest BCUT2D eigenvalue weighted by Gasteiger charge is 2.44. The lowest BCUT2D eigenvalue weighted by Crippen LogP contribution is -2.20. The van der Waals surface area contributed by atoms with Gasteiger partial charge in [-0.15, -0.1) is 0 Å². The van der Waals surface area contributed by atoms with Gasteiger partial charge >= 0.3 is 5.97 Å². The molecule has 0 spiro atoms. The fourth-order valence-corrected chi connectivity index (χ4v) is 4.15. The van der Waals surface area contributed by atoms with Crippen LogP contribution in [0.25, 0.3) is 0 Å². The van der Waals surface area contributed by atoms with Gasteiger partial charge in [0.2, 0.25) is 12.7 Å². The molecule has 7 nitrogen and oxygen atoms in total. The number of benzene rings is 3. The van der Waals surface area contributed by atoms with Crippen LogP contribution in [0, 0.1) is 5.92 Å². The zero-order valence-corrected chi connectivity index (χ0v) is 20.5. The van der Waals surface area contributed by atoms with E-state index in [4.69, 9.17) is 14.2 Å². The fourth-order valence-electron chi connectivity index (χ4n) is 4.15. The van der Waals surface area contributed by atoms with Crippen molar-refractivity contribution in [1.29, 1.82) is 0 Å². The van der Waals surface area contributed by atoms with Crippen molar-refractivity contribution in [3.63, 3.8) is 0 Å². The third-order valence-electron chi connectivity index (χ3n) is 6.42. The van der Waals surface area contributed by atoms with Crippen molar-refractivity contribution in [2.24, 2.45) is 11.0 Å². The second-order valence-electron chi connectivity index (χ2n) is 10.1. The maximum atomic E-state index is 12.5. The molecule has 0 radical (unpaired) electrons. The van der Waals surface area contributed by atoms with E-state index >= 15 is 0 Å². The van der Waals surface area contributed by atoms with Crippen LogP contribution >= 0.6 is 0 Å². The van der Waals surface area contributed by atoms with E-state index in [1.807, 2.05) is 0 Å². The molecule has 36 heavy (non-hydrogen) atoms. The predicted octanol–water partition coefficient (Wildman–Crippen LogP) is 5.19. The molecule has 5 rings (SSSR count). The molecule has 1 N–H and O–H groups in total. The van der Waals surface area contributed by atoms with Gasteiger partial charge in [0.05, 0.1) is 11.8 Å². The molecular formula is C29H28N2O5. The summed E-state index contributed by atoms with van der Waals surface area (Å²) in [4.78, 5) is 24.9. The average Bonchev–Trinajstić information content (AvgIpc) is 3.53. The summed E-state index contributed by atoms with van der Waals surface area (Å²) < 4.78 is 16.0. The topological polar surface area (TPSA) is 86.2 Å². The Bertz CT molecular complexity index is 1310. The van der Waals surface area contributed by atoms with Crippen LogP contribution in [0.3, 0.4) is 0 Å². The minimum Gasteiger partial charge on any atom is -0.454 e. The number of hydrogen-bond donors (Lipinski definition) is 1. The van der Waals surface area contributed by atoms with Gasteiger partial charge < -0.3 is 14.2 Å². The number of hydrogen-bond acceptors (Lipinski definition) is 6. The third-order valence-corrected chi connectivity index (χ3v) is 6.42. The molecule has 1 heterocycles. The Balaban J connectivity index is 1.11. The minimum atomic E-state index is -0.492. The van der Waals surface area contributed by atoms with E-state index in [0.29, 0.717) is 22.8 Å². The number of rotatable bonds is 6. The molecule has 1 amide bonds. The summed E-state index contributed by atoms with van der Waals surface area (Å²) in [5.74, 6) is 1.15. The van der Waals surface area contributed by atoms with Gasteiger partial charge in [0.25, 0.3) is 0 Å². The maximum absolute atomic E-state index is 12.5. The Morgan fingerprint density at radius 2 is 1.69 bits per heavy atom. The molecule has 0 bridgehead atoms. The van der Waals surface area contributed by atoms with Crippen LogP contribution < -0.4 is 19.6 Å². The molecule has 1 aliphatic carbocycles. The quantitative estimate of drug-likeness (QED) is 0.225. The standard InChI is InChI=1S/C29H28N2O5/c1-29(2,3)21-9-6-19(7-10-21)23-15-24(23)27(32)31-30-16-18-4-11-22(12-5-18)36-28(33)20-8-13-25-26(14-20)35-17-34-25/h4-14,16,23-24H,15,17H2,1-3H3,(H,31,32)/b30-16+/t23-,24-/m1/s1. The monoisotopic (exact) mass is 484 g/mol. The molecule has 3 aromatic carbocycles. The minimum absolute atomic E-state index is 0.0550. The van der Waals surface area contributed by atoms with E-state index < -0.39 is 5.97 Å². The van der Waals surface area contributed by atoms with Crippen LogP contribution in [-0.2, 0) is 10.2 Å². The highest BCUT2D eigenvalue weighted by Crippen LogP contribution is 2.47. The summed E-state index contributed by atoms with van der Waals surface area (Å²) in [6, 6.07) is 20.3. The van der Waals surface area contributed by atoms with Crippen molar-refractivity contribution in [2.45, 2.75) is 38.5 Å². The molecule has 7 heteroatoms. The highest BCUT2D eigenvalue weighted by molar-refractivity contribution is 5.92. The predicted molar refractivity (Wildman–Crippen MR) is 136 cm³/mol. The molecule has 184 valence electrons. The number of ether oxygens (including phenoxy) is 3. The van der Waals surface area contributed by atoms with Gasteiger partial charge in [-0.05, 0) is 76.9 Å². The summed E-state index contributed by atoms with van der Waals surface area (Å²) in [6.07, 6.45) is 2.40. The van der Waals surface area contributed by atoms with Crippen molar-refractivity contribution in [1.82, 2.24) is 5.43 Å². The van der Waals surface area contributed by atoms with Gasteiger partial charge in [0.1, 0.15) is 5.75 Å². The first-order valence-electron chi connectivity index (χ1n) is 11.9. The Morgan fingerprint density at radius 3 is 2.42 bits per heavy atom. The van der Waals surface area contributed by atoms with E-state index in [0.717, 1.165) is 12.0 Å². The summed E-state index contributed by atoms with van der Waals surface area (Å²) in [5.41, 5.74) is 6.37. The smallest absolute Gasteiger partial charge is 0.343 e. The van der Waals surface area contributed by atoms with Gasteiger partial charge in [-0.3, -0.25) is 4.79 Å². The SMILES string of the molecule is CC(C)(C)c1ccc([C@H]2C[C@H]2C(=O)N/N=C/c2ccc(OC(=O)c3ccc4c(c3)OCO4)cc2)cc1. The summed E-state index contributed by atoms with van der Waals surface area (Å²) >= 11 is 0. The van der Waals surface area contributed by atoms with Crippen molar-refractivity contribution in [3.8, 4) is 17.2 Å². The second-order valence-corrected chi connectivity index (χ2v) is 10.1. The number of carbonyl (C=O) groups excluding carboxylic acids is 2. The van der Waals surface area contributed by atoms with Crippen molar-refractivity contribution in [2.75, 3.05) is 6.79 Å². The highest BCUT2D eigenvalue weighted by atomic mass is 16.7. The molecule has 2 atom stereocenters. The molecule has 3 aromatic rings. The molecule has 1 saturated carbocycles. The number of hydrazone groups is 1. The molecular weight excluding hydrogens is 456 g/mol. The molecule has 2 aliphatic rings. The summed E-state index contributed by atoms with van der Waals surface area (Å²) in [6.45, 7) is 6.71. The van der Waals surface area contributed by atoms with Gasteiger partial charge in [-0.2, -0.15) is 5.10 Å². The Kier molecular flexibility index (Phi) is 6.22. The van der Waals surface area contributed by atoms with E-state index in [1.165, 1.54) is 11.1 Å². The van der Waals surface area contributed by atoms with Gasteiger partial charge in [0.15, 0.2) is 11.5 Å². The summed E-state index contributed by atoms with van der Waals surface area (Å²) in [7, 11) is 0. The first kappa shape index (κ1) is 23.6. The van der Waals surface area contributed by atoms with Gasteiger partial charge in [0, 0.05) is 5.92 Å². The number of fused-ring (bicyclic) bond motifs is 1. The normalized spacial score (nSPS) is 18.2. The number of nitrogens with one attached hydrogen (secondary N) is 1. The van der Waals surface area contributed by atoms with E-state index in [1.54, 1.807) is 48.7 Å². The average molecular weight is 485 g/mol. The van der Waals surface area contributed by atoms with Crippen LogP contribution in [0.5, 0.6) is 17.2 Å². The third kappa shape index (κ3) is 5.25. The second kappa shape index (κ2) is 9.49. The van der Waals surface area contributed by atoms with Crippen LogP contribution in [-0.4, -0.2) is 24.9 Å². The lowest BCUT2D eigenvalue weighted by molar-refractivity contribution is -0.122. The van der Waals surface area contributed by atoms with E-state index in [9.17, 15) is 9.59 Å². The first-order chi connectivity index (χ1) is 17.3. The maximum Gasteiger partial charge on any atom is 0.343 e. The van der Waals surface area contributed by atoms with Crippen LogP contribution in [0.4, 0.5) is 0 Å². The van der Waals surface area contributed by atoms with Crippen LogP contribution in [0.1, 0.15) is 60.2 Å². The number of carbonyl (C=O) groups is 2. The zero-order valence-electron chi connectivity index (χ0n) is 20.5. The number of esters is 1. The van der Waals surface area contributed by atoms with Crippen LogP contribution in [0.2, 0.25) is 0 Å². The Hall–Kier alpha value is -4.13. The fraction of sp³-hybridized carbons (Fsp3) is 0.276. The first-order valence-corrected chi connectivity index (χ1v) is 11.9. The molecule has 0 aromatic heterocycles. The van der Waals surface area contributed by atoms with Crippen molar-refractivity contribution < 1.29 is 23.8 Å². The van der Waals surface area contributed by atoms with Crippen LogP contribution in [0.15, 0.2) is 71.8 Å². The molecule has 1 aliphatic heterocycles. The van der Waals surface area contributed by atoms with Crippen molar-refractivity contribution in [3.05, 3.63) is 89.0 Å². The zero-order chi connectivity index (χ0) is 25.3. The van der Waals surface area contributed by atoms with E-state index in [-0.39, 0.29) is 30.0 Å². The number of nitrogens with zero attached hydrogens (tertiary/aromatic N) is 1. The Morgan fingerprint density at radius 1 is 0.972 bits per heavy atom. The molecule has 0 saturated heterocycles. The largest absolute Gasteiger partial charge is 0.454 e. The molecule has 1 fully saturated rings.